The van der Waals surface area contributed by atoms with Crippen LogP contribution in [0.2, 0.25) is 0 Å². The van der Waals surface area contributed by atoms with E-state index in [1.54, 1.807) is 18.5 Å². The van der Waals surface area contributed by atoms with Crippen LogP contribution in [0.4, 0.5) is 5.69 Å². The van der Waals surface area contributed by atoms with E-state index in [0.29, 0.717) is 17.0 Å². The van der Waals surface area contributed by atoms with Crippen molar-refractivity contribution in [2.24, 2.45) is 12.8 Å². The second kappa shape index (κ2) is 6.28. The SMILES string of the molecule is Cc1ccc(C(N)=O)cc1-c1ncn(C)c1-c1ccc2c(c1)OCC(=O)N2. The van der Waals surface area contributed by atoms with E-state index in [2.05, 4.69) is 10.3 Å². The summed E-state index contributed by atoms with van der Waals surface area (Å²) in [6.07, 6.45) is 1.73. The van der Waals surface area contributed by atoms with Gasteiger partial charge in [-0.15, -0.1) is 0 Å². The summed E-state index contributed by atoms with van der Waals surface area (Å²) in [6, 6.07) is 10.9. The van der Waals surface area contributed by atoms with E-state index < -0.39 is 5.91 Å². The Bertz CT molecular complexity index is 1080. The van der Waals surface area contributed by atoms with Gasteiger partial charge in [-0.05, 0) is 36.8 Å². The summed E-state index contributed by atoms with van der Waals surface area (Å²) in [6.45, 7) is 1.96. The summed E-state index contributed by atoms with van der Waals surface area (Å²) in [5, 5.41) is 2.78. The third-order valence-corrected chi connectivity index (χ3v) is 4.60. The Balaban J connectivity index is 1.86. The molecule has 7 heteroatoms. The molecule has 0 radical (unpaired) electrons. The highest BCUT2D eigenvalue weighted by molar-refractivity contribution is 5.97. The number of nitrogens with two attached hydrogens (primary N) is 1. The van der Waals surface area contributed by atoms with E-state index in [-0.39, 0.29) is 12.5 Å². The maximum absolute atomic E-state index is 11.6. The standard InChI is InChI=1S/C20H18N4O3/c1-11-3-4-13(20(21)26)7-14(11)18-19(24(2)10-22-18)12-5-6-15-16(8-12)27-9-17(25)23-15/h3-8,10H,9H2,1-2H3,(H2,21,26)(H,23,25). The van der Waals surface area contributed by atoms with Crippen molar-refractivity contribution < 1.29 is 14.3 Å². The number of nitrogens with zero attached hydrogens (tertiary/aromatic N) is 2. The van der Waals surface area contributed by atoms with Crippen molar-refractivity contribution in [2.75, 3.05) is 11.9 Å². The van der Waals surface area contributed by atoms with Crippen LogP contribution in [0.15, 0.2) is 42.7 Å². The molecule has 0 unspecified atom stereocenters. The Morgan fingerprint density at radius 3 is 2.85 bits per heavy atom. The molecule has 0 spiro atoms. The number of nitrogens with one attached hydrogen (secondary N) is 1. The maximum Gasteiger partial charge on any atom is 0.262 e. The van der Waals surface area contributed by atoms with Crippen molar-refractivity contribution in [3.05, 3.63) is 53.9 Å². The molecule has 3 aromatic rings. The lowest BCUT2D eigenvalue weighted by Crippen LogP contribution is -2.25. The molecule has 2 heterocycles. The van der Waals surface area contributed by atoms with Gasteiger partial charge in [0.25, 0.3) is 5.91 Å². The zero-order valence-corrected chi connectivity index (χ0v) is 14.9. The van der Waals surface area contributed by atoms with Crippen LogP contribution in [0, 0.1) is 6.92 Å². The molecule has 1 aromatic heterocycles. The first kappa shape index (κ1) is 16.8. The number of primary amides is 1. The number of hydrogen-bond acceptors (Lipinski definition) is 4. The summed E-state index contributed by atoms with van der Waals surface area (Å²) in [4.78, 5) is 27.6. The topological polar surface area (TPSA) is 99.2 Å². The van der Waals surface area contributed by atoms with E-state index in [0.717, 1.165) is 28.1 Å². The molecule has 7 nitrogen and oxygen atoms in total. The molecule has 0 saturated heterocycles. The number of imidazole rings is 1. The van der Waals surface area contributed by atoms with Crippen LogP contribution in [0.25, 0.3) is 22.5 Å². The number of aromatic nitrogens is 2. The minimum Gasteiger partial charge on any atom is -0.482 e. The Hall–Kier alpha value is -3.61. The van der Waals surface area contributed by atoms with Gasteiger partial charge in [0.2, 0.25) is 5.91 Å². The fourth-order valence-electron chi connectivity index (χ4n) is 3.22. The molecule has 136 valence electrons. The summed E-state index contributed by atoms with van der Waals surface area (Å²) in [5.74, 6) is -0.0381. The van der Waals surface area contributed by atoms with Crippen LogP contribution in [0.3, 0.4) is 0 Å². The molecule has 0 atom stereocenters. The van der Waals surface area contributed by atoms with Gasteiger partial charge in [-0.1, -0.05) is 12.1 Å². The summed E-state index contributed by atoms with van der Waals surface area (Å²) >= 11 is 0. The highest BCUT2D eigenvalue weighted by Crippen LogP contribution is 2.37. The first-order valence-corrected chi connectivity index (χ1v) is 8.43. The van der Waals surface area contributed by atoms with E-state index in [1.165, 1.54) is 0 Å². The van der Waals surface area contributed by atoms with Crippen molar-refractivity contribution in [3.63, 3.8) is 0 Å². The van der Waals surface area contributed by atoms with E-state index in [4.69, 9.17) is 10.5 Å². The monoisotopic (exact) mass is 362 g/mol. The number of aryl methyl sites for hydroxylation is 2. The Kier molecular flexibility index (Phi) is 3.92. The minimum absolute atomic E-state index is 0.00549. The zero-order valence-electron chi connectivity index (χ0n) is 14.9. The highest BCUT2D eigenvalue weighted by atomic mass is 16.5. The number of carbonyl (C=O) groups is 2. The third kappa shape index (κ3) is 2.93. The van der Waals surface area contributed by atoms with Gasteiger partial charge >= 0.3 is 0 Å². The first-order chi connectivity index (χ1) is 12.9. The van der Waals surface area contributed by atoms with Crippen LogP contribution in [-0.2, 0) is 11.8 Å². The normalized spacial score (nSPS) is 12.9. The third-order valence-electron chi connectivity index (χ3n) is 4.60. The summed E-state index contributed by atoms with van der Waals surface area (Å²) in [5.41, 5.74) is 10.9. The second-order valence-electron chi connectivity index (χ2n) is 6.49. The number of hydrogen-bond donors (Lipinski definition) is 2. The Morgan fingerprint density at radius 2 is 2.07 bits per heavy atom. The van der Waals surface area contributed by atoms with Crippen LogP contribution in [0.1, 0.15) is 15.9 Å². The van der Waals surface area contributed by atoms with Gasteiger partial charge in [-0.3, -0.25) is 9.59 Å². The van der Waals surface area contributed by atoms with Crippen molar-refractivity contribution in [1.29, 1.82) is 0 Å². The molecule has 2 aromatic carbocycles. The van der Waals surface area contributed by atoms with E-state index >= 15 is 0 Å². The molecule has 3 N–H and O–H groups in total. The summed E-state index contributed by atoms with van der Waals surface area (Å²) < 4.78 is 7.44. The fourth-order valence-corrected chi connectivity index (χ4v) is 3.22. The van der Waals surface area contributed by atoms with Crippen molar-refractivity contribution >= 4 is 17.5 Å². The van der Waals surface area contributed by atoms with Crippen LogP contribution in [-0.4, -0.2) is 28.0 Å². The number of anilines is 1. The van der Waals surface area contributed by atoms with E-state index in [9.17, 15) is 9.59 Å². The van der Waals surface area contributed by atoms with Gasteiger partial charge in [0.1, 0.15) is 5.75 Å². The number of benzene rings is 2. The van der Waals surface area contributed by atoms with Gasteiger partial charge in [0, 0.05) is 23.7 Å². The molecular weight excluding hydrogens is 344 g/mol. The molecule has 0 saturated carbocycles. The van der Waals surface area contributed by atoms with Gasteiger partial charge in [0.05, 0.1) is 23.4 Å². The molecule has 1 aliphatic heterocycles. The number of amides is 2. The van der Waals surface area contributed by atoms with Crippen LogP contribution >= 0.6 is 0 Å². The van der Waals surface area contributed by atoms with Crippen molar-refractivity contribution in [1.82, 2.24) is 9.55 Å². The van der Waals surface area contributed by atoms with Gasteiger partial charge < -0.3 is 20.4 Å². The Morgan fingerprint density at radius 1 is 1.26 bits per heavy atom. The lowest BCUT2D eigenvalue weighted by atomic mass is 9.98. The largest absolute Gasteiger partial charge is 0.482 e. The van der Waals surface area contributed by atoms with Crippen LogP contribution in [0.5, 0.6) is 5.75 Å². The summed E-state index contributed by atoms with van der Waals surface area (Å²) in [7, 11) is 1.90. The smallest absolute Gasteiger partial charge is 0.262 e. The highest BCUT2D eigenvalue weighted by Gasteiger charge is 2.20. The molecule has 4 rings (SSSR count). The quantitative estimate of drug-likeness (QED) is 0.748. The Labute approximate surface area is 155 Å². The lowest BCUT2D eigenvalue weighted by Gasteiger charge is -2.19. The maximum atomic E-state index is 11.6. The van der Waals surface area contributed by atoms with Gasteiger partial charge in [0.15, 0.2) is 6.61 Å². The predicted molar refractivity (Wildman–Crippen MR) is 101 cm³/mol. The van der Waals surface area contributed by atoms with E-state index in [1.807, 2.05) is 42.8 Å². The average molecular weight is 362 g/mol. The first-order valence-electron chi connectivity index (χ1n) is 8.43. The molecule has 0 fully saturated rings. The van der Waals surface area contributed by atoms with Gasteiger partial charge in [-0.25, -0.2) is 4.98 Å². The zero-order chi connectivity index (χ0) is 19.1. The molecule has 0 bridgehead atoms. The van der Waals surface area contributed by atoms with Crippen LogP contribution < -0.4 is 15.8 Å². The average Bonchev–Trinajstić information content (AvgIpc) is 3.02. The number of rotatable bonds is 3. The van der Waals surface area contributed by atoms with Crippen molar-refractivity contribution in [3.8, 4) is 28.3 Å². The number of fused-ring (bicyclic) bond motifs is 1. The fraction of sp³-hybridized carbons (Fsp3) is 0.150. The predicted octanol–water partition coefficient (Wildman–Crippen LogP) is 2.49. The second-order valence-corrected chi connectivity index (χ2v) is 6.49. The lowest BCUT2D eigenvalue weighted by molar-refractivity contribution is -0.118. The molecule has 1 aliphatic rings. The minimum atomic E-state index is -0.480. The molecular formula is C20H18N4O3. The number of ether oxygens (including phenoxy) is 1. The molecule has 27 heavy (non-hydrogen) atoms. The number of carbonyl (C=O) groups excluding carboxylic acids is 2. The van der Waals surface area contributed by atoms with Gasteiger partial charge in [-0.2, -0.15) is 0 Å². The molecule has 0 aliphatic carbocycles. The molecule has 2 amide bonds. The van der Waals surface area contributed by atoms with Crippen molar-refractivity contribution in [2.45, 2.75) is 6.92 Å².